The van der Waals surface area contributed by atoms with Gasteiger partial charge in [-0.3, -0.25) is 0 Å². The van der Waals surface area contributed by atoms with E-state index in [2.05, 4.69) is 5.16 Å². The highest BCUT2D eigenvalue weighted by atomic mass is 35.5. The number of nitrogens with zero attached hydrogens (tertiary/aromatic N) is 1. The molecule has 90 valence electrons. The van der Waals surface area contributed by atoms with Crippen LogP contribution in [0.5, 0.6) is 0 Å². The predicted octanol–water partition coefficient (Wildman–Crippen LogP) is 3.57. The standard InChI is InChI=1S/C12H11Cl2NO2/c13-9-4-8(5-10(14)6-9)12-7-11(17-15-12)2-1-3-16/h4-7,16H,1-3H2. The Morgan fingerprint density at radius 2 is 1.82 bits per heavy atom. The van der Waals surface area contributed by atoms with Crippen molar-refractivity contribution in [3.05, 3.63) is 40.1 Å². The fourth-order valence-corrected chi connectivity index (χ4v) is 2.05. The minimum absolute atomic E-state index is 0.138. The Kier molecular flexibility index (Phi) is 4.05. The van der Waals surface area contributed by atoms with E-state index in [-0.39, 0.29) is 6.61 Å². The van der Waals surface area contributed by atoms with Gasteiger partial charge >= 0.3 is 0 Å². The third-order valence-electron chi connectivity index (χ3n) is 2.30. The number of aliphatic hydroxyl groups is 1. The van der Waals surface area contributed by atoms with Crippen molar-refractivity contribution in [3.8, 4) is 11.3 Å². The van der Waals surface area contributed by atoms with Crippen LogP contribution >= 0.6 is 23.2 Å². The van der Waals surface area contributed by atoms with Crippen molar-refractivity contribution in [2.24, 2.45) is 0 Å². The molecule has 0 radical (unpaired) electrons. The van der Waals surface area contributed by atoms with Gasteiger partial charge in [-0.05, 0) is 24.6 Å². The van der Waals surface area contributed by atoms with Crippen LogP contribution in [0.25, 0.3) is 11.3 Å². The summed E-state index contributed by atoms with van der Waals surface area (Å²) < 4.78 is 5.15. The molecule has 1 aromatic heterocycles. The topological polar surface area (TPSA) is 46.3 Å². The van der Waals surface area contributed by atoms with E-state index in [4.69, 9.17) is 32.8 Å². The maximum absolute atomic E-state index is 8.73. The molecule has 1 aromatic carbocycles. The smallest absolute Gasteiger partial charge is 0.137 e. The quantitative estimate of drug-likeness (QED) is 0.925. The molecular weight excluding hydrogens is 261 g/mol. The van der Waals surface area contributed by atoms with Crippen LogP contribution in [0.2, 0.25) is 10.0 Å². The zero-order valence-electron chi connectivity index (χ0n) is 8.99. The van der Waals surface area contributed by atoms with Crippen LogP contribution in [0.4, 0.5) is 0 Å². The highest BCUT2D eigenvalue weighted by Gasteiger charge is 2.08. The molecular formula is C12H11Cl2NO2. The molecule has 2 aromatic rings. The summed E-state index contributed by atoms with van der Waals surface area (Å²) in [4.78, 5) is 0. The fraction of sp³-hybridized carbons (Fsp3) is 0.250. The Labute approximate surface area is 109 Å². The summed E-state index contributed by atoms with van der Waals surface area (Å²) in [5.41, 5.74) is 1.52. The summed E-state index contributed by atoms with van der Waals surface area (Å²) >= 11 is 11.8. The number of hydrogen-bond acceptors (Lipinski definition) is 3. The van der Waals surface area contributed by atoms with E-state index in [9.17, 15) is 0 Å². The predicted molar refractivity (Wildman–Crippen MR) is 67.4 cm³/mol. The van der Waals surface area contributed by atoms with E-state index >= 15 is 0 Å². The van der Waals surface area contributed by atoms with Gasteiger partial charge in [0.1, 0.15) is 11.5 Å². The van der Waals surface area contributed by atoms with Crippen LogP contribution in [-0.4, -0.2) is 16.9 Å². The molecule has 1 heterocycles. The molecule has 0 saturated carbocycles. The van der Waals surface area contributed by atoms with Gasteiger partial charge in [-0.1, -0.05) is 28.4 Å². The molecule has 0 unspecified atom stereocenters. The molecule has 0 aliphatic heterocycles. The van der Waals surface area contributed by atoms with Crippen molar-refractivity contribution in [2.75, 3.05) is 6.61 Å². The number of hydrogen-bond donors (Lipinski definition) is 1. The second-order valence-electron chi connectivity index (χ2n) is 3.66. The highest BCUT2D eigenvalue weighted by molar-refractivity contribution is 6.35. The van der Waals surface area contributed by atoms with Crippen LogP contribution in [0, 0.1) is 0 Å². The Bertz CT molecular complexity index is 491. The fourth-order valence-electron chi connectivity index (χ4n) is 1.52. The summed E-state index contributed by atoms with van der Waals surface area (Å²) in [5, 5.41) is 13.8. The van der Waals surface area contributed by atoms with Crippen molar-refractivity contribution in [1.29, 1.82) is 0 Å². The molecule has 0 saturated heterocycles. The molecule has 0 amide bonds. The first-order valence-corrected chi connectivity index (χ1v) is 5.97. The van der Waals surface area contributed by atoms with E-state index < -0.39 is 0 Å². The van der Waals surface area contributed by atoms with Crippen LogP contribution in [0.1, 0.15) is 12.2 Å². The van der Waals surface area contributed by atoms with E-state index in [1.807, 2.05) is 6.07 Å². The summed E-state index contributed by atoms with van der Waals surface area (Å²) in [6.45, 7) is 0.138. The van der Waals surface area contributed by atoms with Gasteiger partial charge in [-0.2, -0.15) is 0 Å². The zero-order valence-corrected chi connectivity index (χ0v) is 10.5. The third kappa shape index (κ3) is 3.22. The van der Waals surface area contributed by atoms with Crippen LogP contribution in [0.3, 0.4) is 0 Å². The van der Waals surface area contributed by atoms with Crippen molar-refractivity contribution in [3.63, 3.8) is 0 Å². The van der Waals surface area contributed by atoms with Gasteiger partial charge in [0.25, 0.3) is 0 Å². The third-order valence-corrected chi connectivity index (χ3v) is 2.73. The first-order valence-electron chi connectivity index (χ1n) is 5.22. The number of aliphatic hydroxyl groups excluding tert-OH is 1. The molecule has 0 bridgehead atoms. The van der Waals surface area contributed by atoms with Gasteiger partial charge in [0.05, 0.1) is 0 Å². The van der Waals surface area contributed by atoms with Crippen molar-refractivity contribution < 1.29 is 9.63 Å². The zero-order chi connectivity index (χ0) is 12.3. The molecule has 2 rings (SSSR count). The molecule has 3 nitrogen and oxygen atoms in total. The summed E-state index contributed by atoms with van der Waals surface area (Å²) in [6.07, 6.45) is 1.32. The van der Waals surface area contributed by atoms with Gasteiger partial charge in [0.2, 0.25) is 0 Å². The van der Waals surface area contributed by atoms with Gasteiger partial charge in [-0.15, -0.1) is 0 Å². The number of benzene rings is 1. The molecule has 5 heteroatoms. The van der Waals surface area contributed by atoms with E-state index in [1.165, 1.54) is 0 Å². The van der Waals surface area contributed by atoms with Gasteiger partial charge in [0.15, 0.2) is 0 Å². The van der Waals surface area contributed by atoms with E-state index in [1.54, 1.807) is 18.2 Å². The monoisotopic (exact) mass is 271 g/mol. The lowest BCUT2D eigenvalue weighted by Crippen LogP contribution is -1.86. The molecule has 17 heavy (non-hydrogen) atoms. The first-order chi connectivity index (χ1) is 8.19. The Morgan fingerprint density at radius 1 is 1.12 bits per heavy atom. The molecule has 0 atom stereocenters. The van der Waals surface area contributed by atoms with Gasteiger partial charge < -0.3 is 9.63 Å². The molecule has 0 aliphatic rings. The summed E-state index contributed by atoms with van der Waals surface area (Å²) in [7, 11) is 0. The first kappa shape index (κ1) is 12.4. The Balaban J connectivity index is 2.24. The minimum Gasteiger partial charge on any atom is -0.396 e. The van der Waals surface area contributed by atoms with Crippen molar-refractivity contribution in [2.45, 2.75) is 12.8 Å². The minimum atomic E-state index is 0.138. The normalized spacial score (nSPS) is 10.8. The lowest BCUT2D eigenvalue weighted by molar-refractivity contribution is 0.280. The average Bonchev–Trinajstić information content (AvgIpc) is 2.73. The van der Waals surface area contributed by atoms with Gasteiger partial charge in [-0.25, -0.2) is 0 Å². The number of aryl methyl sites for hydroxylation is 1. The molecule has 0 aliphatic carbocycles. The SMILES string of the molecule is OCCCc1cc(-c2cc(Cl)cc(Cl)c2)no1. The highest BCUT2D eigenvalue weighted by Crippen LogP contribution is 2.27. The second-order valence-corrected chi connectivity index (χ2v) is 4.54. The van der Waals surface area contributed by atoms with Crippen LogP contribution < -0.4 is 0 Å². The average molecular weight is 272 g/mol. The lowest BCUT2D eigenvalue weighted by atomic mass is 10.1. The van der Waals surface area contributed by atoms with Crippen LogP contribution in [0.15, 0.2) is 28.8 Å². The number of rotatable bonds is 4. The van der Waals surface area contributed by atoms with E-state index in [0.29, 0.717) is 28.6 Å². The lowest BCUT2D eigenvalue weighted by Gasteiger charge is -1.97. The maximum Gasteiger partial charge on any atom is 0.137 e. The second kappa shape index (κ2) is 5.54. The summed E-state index contributed by atoms with van der Waals surface area (Å²) in [6, 6.07) is 7.05. The van der Waals surface area contributed by atoms with Gasteiger partial charge in [0, 0.05) is 34.7 Å². The largest absolute Gasteiger partial charge is 0.396 e. The molecule has 0 spiro atoms. The molecule has 1 N–H and O–H groups in total. The maximum atomic E-state index is 8.73. The van der Waals surface area contributed by atoms with Crippen molar-refractivity contribution in [1.82, 2.24) is 5.16 Å². The summed E-state index contributed by atoms with van der Waals surface area (Å²) in [5.74, 6) is 0.741. The number of halogens is 2. The van der Waals surface area contributed by atoms with Crippen LogP contribution in [-0.2, 0) is 6.42 Å². The Morgan fingerprint density at radius 3 is 2.47 bits per heavy atom. The Hall–Kier alpha value is -1.03. The van der Waals surface area contributed by atoms with Crippen molar-refractivity contribution >= 4 is 23.2 Å². The van der Waals surface area contributed by atoms with E-state index in [0.717, 1.165) is 11.3 Å². The molecule has 0 fully saturated rings. The number of aromatic nitrogens is 1.